The summed E-state index contributed by atoms with van der Waals surface area (Å²) in [5, 5.41) is 3.75. The van der Waals surface area contributed by atoms with E-state index in [-0.39, 0.29) is 24.9 Å². The molecule has 2 rings (SSSR count). The maximum atomic E-state index is 11.8. The van der Waals surface area contributed by atoms with Crippen molar-refractivity contribution in [2.45, 2.75) is 6.42 Å². The molecule has 118 valence electrons. The van der Waals surface area contributed by atoms with Crippen molar-refractivity contribution in [2.24, 2.45) is 0 Å². The average molecular weight is 344 g/mol. The van der Waals surface area contributed by atoms with Crippen LogP contribution in [0.2, 0.25) is 10.0 Å². The van der Waals surface area contributed by atoms with Crippen molar-refractivity contribution in [1.82, 2.24) is 15.1 Å². The number of imide groups is 1. The summed E-state index contributed by atoms with van der Waals surface area (Å²) in [5.41, 5.74) is 0.861. The maximum absolute atomic E-state index is 11.8. The first-order valence-corrected chi connectivity index (χ1v) is 7.40. The van der Waals surface area contributed by atoms with E-state index in [9.17, 15) is 14.4 Å². The summed E-state index contributed by atoms with van der Waals surface area (Å²) in [5.74, 6) is -0.759. The number of amides is 4. The second-order valence-corrected chi connectivity index (χ2v) is 5.80. The van der Waals surface area contributed by atoms with Crippen LogP contribution in [0.3, 0.4) is 0 Å². The van der Waals surface area contributed by atoms with Gasteiger partial charge in [-0.15, -0.1) is 0 Å². The van der Waals surface area contributed by atoms with Gasteiger partial charge in [-0.3, -0.25) is 14.5 Å². The number of benzene rings is 1. The van der Waals surface area contributed by atoms with Gasteiger partial charge in [-0.25, -0.2) is 4.79 Å². The maximum Gasteiger partial charge on any atom is 0.327 e. The van der Waals surface area contributed by atoms with Crippen LogP contribution in [0.25, 0.3) is 0 Å². The van der Waals surface area contributed by atoms with Crippen LogP contribution < -0.4 is 5.32 Å². The highest BCUT2D eigenvalue weighted by Gasteiger charge is 2.34. The lowest BCUT2D eigenvalue weighted by molar-refractivity contribution is -0.130. The molecule has 0 aromatic heterocycles. The summed E-state index contributed by atoms with van der Waals surface area (Å²) in [4.78, 5) is 37.2. The van der Waals surface area contributed by atoms with Crippen LogP contribution in [0.1, 0.15) is 5.56 Å². The first-order valence-electron chi connectivity index (χ1n) is 6.64. The molecular weight excluding hydrogens is 329 g/mol. The third-order valence-corrected chi connectivity index (χ3v) is 3.85. The highest BCUT2D eigenvalue weighted by atomic mass is 35.5. The molecule has 1 heterocycles. The molecule has 0 atom stereocenters. The Labute approximate surface area is 138 Å². The van der Waals surface area contributed by atoms with E-state index in [0.29, 0.717) is 23.0 Å². The smallest absolute Gasteiger partial charge is 0.327 e. The SMILES string of the molecule is CN1CC(=O)N(CC(=O)NCCc2ccc(Cl)cc2Cl)C1=O. The van der Waals surface area contributed by atoms with E-state index < -0.39 is 6.03 Å². The molecule has 6 nitrogen and oxygen atoms in total. The van der Waals surface area contributed by atoms with Gasteiger partial charge in [0.25, 0.3) is 5.91 Å². The van der Waals surface area contributed by atoms with Gasteiger partial charge in [0.05, 0.1) is 0 Å². The fourth-order valence-corrected chi connectivity index (χ4v) is 2.59. The molecule has 22 heavy (non-hydrogen) atoms. The predicted octanol–water partition coefficient (Wildman–Crippen LogP) is 1.55. The van der Waals surface area contributed by atoms with Crippen molar-refractivity contribution >= 4 is 41.0 Å². The first kappa shape index (κ1) is 16.6. The molecule has 0 aliphatic carbocycles. The normalized spacial score (nSPS) is 14.7. The number of hydrogen-bond acceptors (Lipinski definition) is 3. The molecule has 1 N–H and O–H groups in total. The third kappa shape index (κ3) is 3.90. The Morgan fingerprint density at radius 3 is 2.64 bits per heavy atom. The highest BCUT2D eigenvalue weighted by molar-refractivity contribution is 6.35. The molecular formula is C14H15Cl2N3O3. The minimum Gasteiger partial charge on any atom is -0.354 e. The molecule has 0 spiro atoms. The van der Waals surface area contributed by atoms with Crippen molar-refractivity contribution in [1.29, 1.82) is 0 Å². The van der Waals surface area contributed by atoms with Crippen LogP contribution in [-0.4, -0.2) is 54.3 Å². The molecule has 1 saturated heterocycles. The van der Waals surface area contributed by atoms with Crippen LogP contribution in [0.15, 0.2) is 18.2 Å². The summed E-state index contributed by atoms with van der Waals surface area (Å²) in [6, 6.07) is 4.69. The quantitative estimate of drug-likeness (QED) is 0.824. The molecule has 8 heteroatoms. The van der Waals surface area contributed by atoms with E-state index >= 15 is 0 Å². The largest absolute Gasteiger partial charge is 0.354 e. The number of nitrogens with zero attached hydrogens (tertiary/aromatic N) is 2. The summed E-state index contributed by atoms with van der Waals surface area (Å²) >= 11 is 11.8. The number of rotatable bonds is 5. The first-order chi connectivity index (χ1) is 10.4. The fourth-order valence-electron chi connectivity index (χ4n) is 2.08. The van der Waals surface area contributed by atoms with E-state index in [2.05, 4.69) is 5.32 Å². The topological polar surface area (TPSA) is 69.7 Å². The van der Waals surface area contributed by atoms with Crippen molar-refractivity contribution in [3.8, 4) is 0 Å². The highest BCUT2D eigenvalue weighted by Crippen LogP contribution is 2.21. The summed E-state index contributed by atoms with van der Waals surface area (Å²) in [7, 11) is 1.51. The lowest BCUT2D eigenvalue weighted by atomic mass is 10.1. The minimum absolute atomic E-state index is 0.00644. The summed E-state index contributed by atoms with van der Waals surface area (Å²) in [6.45, 7) is 0.0924. The van der Waals surface area contributed by atoms with E-state index in [4.69, 9.17) is 23.2 Å². The predicted molar refractivity (Wildman–Crippen MR) is 82.9 cm³/mol. The van der Waals surface area contributed by atoms with Crippen LogP contribution in [0.4, 0.5) is 4.79 Å². The number of urea groups is 1. The number of hydrogen-bond donors (Lipinski definition) is 1. The van der Waals surface area contributed by atoms with Gasteiger partial charge in [0, 0.05) is 23.6 Å². The number of halogens is 2. The Balaban J connectivity index is 1.81. The molecule has 0 saturated carbocycles. The Kier molecular flexibility index (Phi) is 5.26. The lowest BCUT2D eigenvalue weighted by Crippen LogP contribution is -2.41. The van der Waals surface area contributed by atoms with Gasteiger partial charge in [-0.2, -0.15) is 0 Å². The van der Waals surface area contributed by atoms with Crippen LogP contribution in [-0.2, 0) is 16.0 Å². The lowest BCUT2D eigenvalue weighted by Gasteiger charge is -2.14. The van der Waals surface area contributed by atoms with Crippen LogP contribution >= 0.6 is 23.2 Å². The van der Waals surface area contributed by atoms with Gasteiger partial charge >= 0.3 is 6.03 Å². The number of likely N-dealkylation sites (N-methyl/N-ethyl adjacent to an activating group) is 1. The van der Waals surface area contributed by atoms with Gasteiger partial charge in [0.15, 0.2) is 0 Å². The van der Waals surface area contributed by atoms with Crippen molar-refractivity contribution in [3.63, 3.8) is 0 Å². The molecule has 1 fully saturated rings. The molecule has 0 unspecified atom stereocenters. The van der Waals surface area contributed by atoms with E-state index in [1.165, 1.54) is 11.9 Å². The Bertz CT molecular complexity index is 621. The van der Waals surface area contributed by atoms with Gasteiger partial charge < -0.3 is 10.2 Å². The molecule has 4 amide bonds. The second-order valence-electron chi connectivity index (χ2n) is 4.95. The van der Waals surface area contributed by atoms with Crippen molar-refractivity contribution in [3.05, 3.63) is 33.8 Å². The molecule has 1 aromatic rings. The zero-order chi connectivity index (χ0) is 16.3. The van der Waals surface area contributed by atoms with Gasteiger partial charge in [-0.05, 0) is 24.1 Å². The van der Waals surface area contributed by atoms with Crippen LogP contribution in [0.5, 0.6) is 0 Å². The standard InChI is InChI=1S/C14H15Cl2N3O3/c1-18-8-13(21)19(14(18)22)7-12(20)17-5-4-9-2-3-10(15)6-11(9)16/h2-3,6H,4-5,7-8H2,1H3,(H,17,20). The number of nitrogens with one attached hydrogen (secondary N) is 1. The van der Waals surface area contributed by atoms with Crippen molar-refractivity contribution in [2.75, 3.05) is 26.7 Å². The third-order valence-electron chi connectivity index (χ3n) is 3.26. The summed E-state index contributed by atoms with van der Waals surface area (Å²) < 4.78 is 0. The Morgan fingerprint density at radius 2 is 2.05 bits per heavy atom. The zero-order valence-corrected chi connectivity index (χ0v) is 13.4. The van der Waals surface area contributed by atoms with Gasteiger partial charge in [0.2, 0.25) is 5.91 Å². The average Bonchev–Trinajstić information content (AvgIpc) is 2.68. The zero-order valence-electron chi connectivity index (χ0n) is 11.9. The number of carbonyl (C=O) groups is 3. The number of carbonyl (C=O) groups excluding carboxylic acids is 3. The Morgan fingerprint density at radius 1 is 1.32 bits per heavy atom. The van der Waals surface area contributed by atoms with Gasteiger partial charge in [-0.1, -0.05) is 29.3 Å². The molecule has 1 aliphatic rings. The summed E-state index contributed by atoms with van der Waals surface area (Å²) in [6.07, 6.45) is 0.531. The molecule has 1 aromatic carbocycles. The fraction of sp³-hybridized carbons (Fsp3) is 0.357. The van der Waals surface area contributed by atoms with E-state index in [0.717, 1.165) is 10.5 Å². The van der Waals surface area contributed by atoms with Crippen molar-refractivity contribution < 1.29 is 14.4 Å². The minimum atomic E-state index is -0.458. The monoisotopic (exact) mass is 343 g/mol. The van der Waals surface area contributed by atoms with E-state index in [1.807, 2.05) is 0 Å². The Hall–Kier alpha value is -1.79. The molecule has 0 radical (unpaired) electrons. The molecule has 1 aliphatic heterocycles. The van der Waals surface area contributed by atoms with Crippen LogP contribution in [0, 0.1) is 0 Å². The second kappa shape index (κ2) is 6.98. The molecule has 0 bridgehead atoms. The van der Waals surface area contributed by atoms with E-state index in [1.54, 1.807) is 18.2 Å². The van der Waals surface area contributed by atoms with Gasteiger partial charge in [0.1, 0.15) is 13.1 Å².